The minimum absolute atomic E-state index is 0.165. The first-order valence-electron chi connectivity index (χ1n) is 4.90. The van der Waals surface area contributed by atoms with Crippen molar-refractivity contribution in [3.8, 4) is 0 Å². The number of nitrogens with two attached hydrogens (primary N) is 1. The van der Waals surface area contributed by atoms with Crippen molar-refractivity contribution in [3.05, 3.63) is 24.0 Å². The summed E-state index contributed by atoms with van der Waals surface area (Å²) in [6.45, 7) is 0. The zero-order chi connectivity index (χ0) is 9.10. The van der Waals surface area contributed by atoms with Gasteiger partial charge in [0.25, 0.3) is 0 Å². The van der Waals surface area contributed by atoms with Crippen molar-refractivity contribution in [2.24, 2.45) is 11.7 Å². The number of hydrogen-bond donors (Lipinski definition) is 1. The Hall–Kier alpha value is -0.960. The van der Waals surface area contributed by atoms with E-state index in [4.69, 9.17) is 5.73 Å². The zero-order valence-corrected chi connectivity index (χ0v) is 7.69. The molecule has 1 aliphatic rings. The van der Waals surface area contributed by atoms with Crippen molar-refractivity contribution in [1.82, 2.24) is 10.2 Å². The van der Waals surface area contributed by atoms with Crippen LogP contribution in [0.1, 0.15) is 37.3 Å². The first-order valence-corrected chi connectivity index (χ1v) is 4.90. The minimum Gasteiger partial charge on any atom is -0.324 e. The highest BCUT2D eigenvalue weighted by Crippen LogP contribution is 2.33. The molecular formula is C10H15N3. The minimum atomic E-state index is 0.165. The fraction of sp³-hybridized carbons (Fsp3) is 0.600. The van der Waals surface area contributed by atoms with Crippen LogP contribution >= 0.6 is 0 Å². The quantitative estimate of drug-likeness (QED) is 0.747. The van der Waals surface area contributed by atoms with E-state index in [9.17, 15) is 0 Å². The highest BCUT2D eigenvalue weighted by atomic mass is 15.1. The average Bonchev–Trinajstić information content (AvgIpc) is 2.71. The first-order chi connectivity index (χ1) is 6.38. The van der Waals surface area contributed by atoms with E-state index in [1.165, 1.54) is 25.7 Å². The molecule has 1 fully saturated rings. The van der Waals surface area contributed by atoms with Crippen molar-refractivity contribution >= 4 is 0 Å². The molecule has 1 aromatic rings. The maximum atomic E-state index is 6.13. The van der Waals surface area contributed by atoms with Gasteiger partial charge in [-0.25, -0.2) is 0 Å². The van der Waals surface area contributed by atoms with E-state index in [2.05, 4.69) is 10.2 Å². The van der Waals surface area contributed by atoms with Crippen LogP contribution in [-0.4, -0.2) is 10.2 Å². The van der Waals surface area contributed by atoms with Crippen LogP contribution < -0.4 is 5.73 Å². The van der Waals surface area contributed by atoms with E-state index < -0.39 is 0 Å². The molecule has 2 N–H and O–H groups in total. The summed E-state index contributed by atoms with van der Waals surface area (Å²) in [7, 11) is 0. The molecule has 0 aliphatic heterocycles. The Balaban J connectivity index is 2.08. The molecule has 3 nitrogen and oxygen atoms in total. The van der Waals surface area contributed by atoms with Crippen LogP contribution in [-0.2, 0) is 0 Å². The third-order valence-electron chi connectivity index (χ3n) is 2.90. The third-order valence-corrected chi connectivity index (χ3v) is 2.90. The van der Waals surface area contributed by atoms with E-state index in [0.29, 0.717) is 5.92 Å². The molecule has 13 heavy (non-hydrogen) atoms. The second-order valence-electron chi connectivity index (χ2n) is 3.75. The molecule has 3 heteroatoms. The largest absolute Gasteiger partial charge is 0.324 e. The Morgan fingerprint density at radius 2 is 2.08 bits per heavy atom. The molecule has 0 amide bonds. The molecule has 0 spiro atoms. The summed E-state index contributed by atoms with van der Waals surface area (Å²) in [4.78, 5) is 0. The SMILES string of the molecule is NC(c1ccnnc1)C1CCCC1. The van der Waals surface area contributed by atoms with Crippen molar-refractivity contribution in [2.45, 2.75) is 31.7 Å². The predicted octanol–water partition coefficient (Wildman–Crippen LogP) is 1.67. The summed E-state index contributed by atoms with van der Waals surface area (Å²) in [6.07, 6.45) is 8.69. The van der Waals surface area contributed by atoms with Gasteiger partial charge < -0.3 is 5.73 Å². The maximum Gasteiger partial charge on any atom is 0.0544 e. The summed E-state index contributed by atoms with van der Waals surface area (Å²) >= 11 is 0. The molecule has 1 aliphatic carbocycles. The Kier molecular flexibility index (Phi) is 2.54. The van der Waals surface area contributed by atoms with Crippen LogP contribution in [0, 0.1) is 5.92 Å². The lowest BCUT2D eigenvalue weighted by atomic mass is 9.94. The van der Waals surface area contributed by atoms with Crippen LogP contribution in [0.5, 0.6) is 0 Å². The van der Waals surface area contributed by atoms with Crippen LogP contribution in [0.3, 0.4) is 0 Å². The van der Waals surface area contributed by atoms with Crippen LogP contribution in [0.2, 0.25) is 0 Å². The van der Waals surface area contributed by atoms with Gasteiger partial charge in [-0.05, 0) is 30.4 Å². The van der Waals surface area contributed by atoms with Gasteiger partial charge >= 0.3 is 0 Å². The molecular weight excluding hydrogens is 162 g/mol. The highest BCUT2D eigenvalue weighted by molar-refractivity contribution is 5.12. The summed E-state index contributed by atoms with van der Waals surface area (Å²) in [6, 6.07) is 2.13. The van der Waals surface area contributed by atoms with Crippen molar-refractivity contribution < 1.29 is 0 Å². The van der Waals surface area contributed by atoms with E-state index in [1.807, 2.05) is 6.07 Å². The van der Waals surface area contributed by atoms with E-state index in [-0.39, 0.29) is 6.04 Å². The smallest absolute Gasteiger partial charge is 0.0544 e. The predicted molar refractivity (Wildman–Crippen MR) is 50.9 cm³/mol. The molecule has 70 valence electrons. The summed E-state index contributed by atoms with van der Waals surface area (Å²) in [5, 5.41) is 7.60. The zero-order valence-electron chi connectivity index (χ0n) is 7.69. The Bertz CT molecular complexity index is 254. The molecule has 1 unspecified atom stereocenters. The van der Waals surface area contributed by atoms with Crippen molar-refractivity contribution in [3.63, 3.8) is 0 Å². The molecule has 1 atom stereocenters. The number of rotatable bonds is 2. The van der Waals surface area contributed by atoms with Gasteiger partial charge in [0.1, 0.15) is 0 Å². The van der Waals surface area contributed by atoms with Crippen molar-refractivity contribution in [2.75, 3.05) is 0 Å². The first kappa shape index (κ1) is 8.63. The van der Waals surface area contributed by atoms with Crippen LogP contribution in [0.4, 0.5) is 0 Å². The van der Waals surface area contributed by atoms with Gasteiger partial charge in [0.2, 0.25) is 0 Å². The lowest BCUT2D eigenvalue weighted by molar-refractivity contribution is 0.443. The monoisotopic (exact) mass is 177 g/mol. The van der Waals surface area contributed by atoms with E-state index >= 15 is 0 Å². The Morgan fingerprint density at radius 1 is 1.31 bits per heavy atom. The van der Waals surface area contributed by atoms with Crippen molar-refractivity contribution in [1.29, 1.82) is 0 Å². The Labute approximate surface area is 78.4 Å². The van der Waals surface area contributed by atoms with E-state index in [1.54, 1.807) is 12.4 Å². The van der Waals surface area contributed by atoms with Gasteiger partial charge in [-0.15, -0.1) is 0 Å². The molecule has 1 aromatic heterocycles. The molecule has 0 radical (unpaired) electrons. The molecule has 2 rings (SSSR count). The molecule has 0 aromatic carbocycles. The summed E-state index contributed by atoms with van der Waals surface area (Å²) in [5.74, 6) is 0.657. The second-order valence-corrected chi connectivity index (χ2v) is 3.75. The standard InChI is InChI=1S/C10H15N3/c11-10(8-3-1-2-4-8)9-5-6-12-13-7-9/h5-8,10H,1-4,11H2. The van der Waals surface area contributed by atoms with Gasteiger partial charge in [0.05, 0.1) is 6.20 Å². The molecule has 0 saturated heterocycles. The van der Waals surface area contributed by atoms with Crippen LogP contribution in [0.15, 0.2) is 18.5 Å². The third kappa shape index (κ3) is 1.86. The lowest BCUT2D eigenvalue weighted by Gasteiger charge is -2.18. The number of nitrogens with zero attached hydrogens (tertiary/aromatic N) is 2. The van der Waals surface area contributed by atoms with E-state index in [0.717, 1.165) is 5.56 Å². The lowest BCUT2D eigenvalue weighted by Crippen LogP contribution is -2.19. The van der Waals surface area contributed by atoms with Gasteiger partial charge in [-0.1, -0.05) is 12.8 Å². The number of aromatic nitrogens is 2. The summed E-state index contributed by atoms with van der Waals surface area (Å²) in [5.41, 5.74) is 7.26. The molecule has 0 bridgehead atoms. The fourth-order valence-electron chi connectivity index (χ4n) is 2.09. The molecule has 1 heterocycles. The maximum absolute atomic E-state index is 6.13. The van der Waals surface area contributed by atoms with Gasteiger partial charge in [-0.2, -0.15) is 10.2 Å². The van der Waals surface area contributed by atoms with Crippen LogP contribution in [0.25, 0.3) is 0 Å². The highest BCUT2D eigenvalue weighted by Gasteiger charge is 2.23. The second kappa shape index (κ2) is 3.83. The summed E-state index contributed by atoms with van der Waals surface area (Å²) < 4.78 is 0. The topological polar surface area (TPSA) is 51.8 Å². The number of hydrogen-bond acceptors (Lipinski definition) is 3. The Morgan fingerprint density at radius 3 is 2.69 bits per heavy atom. The fourth-order valence-corrected chi connectivity index (χ4v) is 2.09. The van der Waals surface area contributed by atoms with Gasteiger partial charge in [0.15, 0.2) is 0 Å². The molecule has 1 saturated carbocycles. The average molecular weight is 177 g/mol. The van der Waals surface area contributed by atoms with Gasteiger partial charge in [-0.3, -0.25) is 0 Å². The normalized spacial score (nSPS) is 20.4. The van der Waals surface area contributed by atoms with Gasteiger partial charge in [0, 0.05) is 12.2 Å².